The zero-order chi connectivity index (χ0) is 13.3. The van der Waals surface area contributed by atoms with E-state index >= 15 is 0 Å². The minimum atomic E-state index is -0.157. The standard InChI is InChI=1S/C11H18BrN5O/c1-8-9(12)10(13-16(8)3)11(18)14-17-6-4-15(2)5-7-17/h4-7H2,1-3H3,(H,14,18). The molecule has 7 heteroatoms. The number of rotatable bonds is 2. The molecule has 2 heterocycles. The smallest absolute Gasteiger partial charge is 0.287 e. The van der Waals surface area contributed by atoms with Crippen LogP contribution < -0.4 is 5.43 Å². The first kappa shape index (κ1) is 13.5. The molecule has 1 fully saturated rings. The number of hydrogen-bond acceptors (Lipinski definition) is 4. The van der Waals surface area contributed by atoms with Crippen LogP contribution in [0, 0.1) is 6.92 Å². The van der Waals surface area contributed by atoms with Crippen molar-refractivity contribution in [3.05, 3.63) is 15.9 Å². The van der Waals surface area contributed by atoms with Gasteiger partial charge in [0.1, 0.15) is 0 Å². The van der Waals surface area contributed by atoms with Crippen LogP contribution in [-0.2, 0) is 7.05 Å². The highest BCUT2D eigenvalue weighted by molar-refractivity contribution is 9.10. The van der Waals surface area contributed by atoms with Gasteiger partial charge in [-0.3, -0.25) is 14.9 Å². The first-order valence-corrected chi connectivity index (χ1v) is 6.72. The molecule has 0 bridgehead atoms. The second kappa shape index (κ2) is 5.38. The van der Waals surface area contributed by atoms with Crippen LogP contribution in [0.25, 0.3) is 0 Å². The molecule has 0 unspecified atom stereocenters. The summed E-state index contributed by atoms with van der Waals surface area (Å²) in [5.41, 5.74) is 4.28. The number of nitrogens with zero attached hydrogens (tertiary/aromatic N) is 4. The van der Waals surface area contributed by atoms with E-state index in [9.17, 15) is 4.79 Å². The zero-order valence-corrected chi connectivity index (χ0v) is 12.5. The number of likely N-dealkylation sites (N-methyl/N-ethyl adjacent to an activating group) is 1. The summed E-state index contributed by atoms with van der Waals surface area (Å²) in [4.78, 5) is 14.3. The van der Waals surface area contributed by atoms with Gasteiger partial charge in [0.25, 0.3) is 5.91 Å². The van der Waals surface area contributed by atoms with Gasteiger partial charge in [0.2, 0.25) is 0 Å². The van der Waals surface area contributed by atoms with Crippen LogP contribution in [0.15, 0.2) is 4.47 Å². The van der Waals surface area contributed by atoms with Crippen LogP contribution >= 0.6 is 15.9 Å². The fourth-order valence-corrected chi connectivity index (χ4v) is 2.36. The zero-order valence-electron chi connectivity index (χ0n) is 10.9. The number of hydrazine groups is 1. The Morgan fingerprint density at radius 1 is 1.28 bits per heavy atom. The number of carbonyl (C=O) groups excluding carboxylic acids is 1. The van der Waals surface area contributed by atoms with Crippen molar-refractivity contribution in [1.82, 2.24) is 25.1 Å². The van der Waals surface area contributed by atoms with Crippen LogP contribution in [0.5, 0.6) is 0 Å². The number of nitrogens with one attached hydrogen (secondary N) is 1. The molecule has 100 valence electrons. The van der Waals surface area contributed by atoms with Crippen molar-refractivity contribution >= 4 is 21.8 Å². The van der Waals surface area contributed by atoms with Crippen LogP contribution in [0.2, 0.25) is 0 Å². The molecule has 1 aliphatic rings. The van der Waals surface area contributed by atoms with Crippen molar-refractivity contribution in [3.8, 4) is 0 Å². The second-order valence-corrected chi connectivity index (χ2v) is 5.40. The quantitative estimate of drug-likeness (QED) is 0.857. The number of piperazine rings is 1. The van der Waals surface area contributed by atoms with Crippen molar-refractivity contribution < 1.29 is 4.79 Å². The van der Waals surface area contributed by atoms with Gasteiger partial charge in [-0.2, -0.15) is 5.10 Å². The molecular formula is C11H18BrN5O. The normalized spacial score (nSPS) is 18.0. The molecule has 6 nitrogen and oxygen atoms in total. The maximum atomic E-state index is 12.1. The summed E-state index contributed by atoms with van der Waals surface area (Å²) in [5, 5.41) is 6.15. The Balaban J connectivity index is 2.01. The molecule has 0 aromatic carbocycles. The fraction of sp³-hybridized carbons (Fsp3) is 0.636. The average Bonchev–Trinajstić information content (AvgIpc) is 2.60. The molecule has 0 aliphatic carbocycles. The van der Waals surface area contributed by atoms with Gasteiger partial charge >= 0.3 is 0 Å². The van der Waals surface area contributed by atoms with Crippen molar-refractivity contribution in [3.63, 3.8) is 0 Å². The predicted octanol–water partition coefficient (Wildman–Crippen LogP) is 0.383. The number of aromatic nitrogens is 2. The number of halogens is 1. The molecule has 0 saturated carbocycles. The van der Waals surface area contributed by atoms with E-state index in [1.165, 1.54) is 0 Å². The van der Waals surface area contributed by atoms with Crippen molar-refractivity contribution in [2.45, 2.75) is 6.92 Å². The summed E-state index contributed by atoms with van der Waals surface area (Å²) in [6.45, 7) is 5.52. The van der Waals surface area contributed by atoms with E-state index in [0.717, 1.165) is 36.3 Å². The van der Waals surface area contributed by atoms with Crippen LogP contribution in [-0.4, -0.2) is 58.8 Å². The van der Waals surface area contributed by atoms with Gasteiger partial charge < -0.3 is 4.90 Å². The molecule has 1 amide bonds. The molecule has 1 saturated heterocycles. The van der Waals surface area contributed by atoms with Crippen molar-refractivity contribution in [2.75, 3.05) is 33.2 Å². The van der Waals surface area contributed by atoms with Gasteiger partial charge in [-0.15, -0.1) is 0 Å². The second-order valence-electron chi connectivity index (χ2n) is 4.60. The van der Waals surface area contributed by atoms with Crippen LogP contribution in [0.3, 0.4) is 0 Å². The largest absolute Gasteiger partial charge is 0.304 e. The lowest BCUT2D eigenvalue weighted by Gasteiger charge is -2.32. The van der Waals surface area contributed by atoms with Gasteiger partial charge in [0.05, 0.1) is 10.2 Å². The molecule has 18 heavy (non-hydrogen) atoms. The maximum absolute atomic E-state index is 12.1. The molecule has 1 aromatic rings. The van der Waals surface area contributed by atoms with Gasteiger partial charge in [0.15, 0.2) is 5.69 Å². The monoisotopic (exact) mass is 315 g/mol. The molecule has 0 atom stereocenters. The van der Waals surface area contributed by atoms with E-state index in [1.807, 2.05) is 19.0 Å². The SMILES string of the molecule is Cc1c(Br)c(C(=O)NN2CCN(C)CC2)nn1C. The third kappa shape index (κ3) is 2.73. The number of carbonyl (C=O) groups is 1. The van der Waals surface area contributed by atoms with Gasteiger partial charge in [-0.1, -0.05) is 0 Å². The molecule has 1 aromatic heterocycles. The van der Waals surface area contributed by atoms with Crippen LogP contribution in [0.4, 0.5) is 0 Å². The Labute approximate surface area is 115 Å². The Hall–Kier alpha value is -0.920. The Kier molecular flexibility index (Phi) is 4.04. The summed E-state index contributed by atoms with van der Waals surface area (Å²) in [7, 11) is 3.91. The summed E-state index contributed by atoms with van der Waals surface area (Å²) in [5.74, 6) is -0.157. The minimum Gasteiger partial charge on any atom is -0.304 e. The average molecular weight is 316 g/mol. The predicted molar refractivity (Wildman–Crippen MR) is 72.2 cm³/mol. The molecule has 0 spiro atoms. The first-order valence-electron chi connectivity index (χ1n) is 5.92. The van der Waals surface area contributed by atoms with E-state index in [-0.39, 0.29) is 5.91 Å². The lowest BCUT2D eigenvalue weighted by atomic mass is 10.3. The highest BCUT2D eigenvalue weighted by Crippen LogP contribution is 2.19. The topological polar surface area (TPSA) is 53.4 Å². The molecule has 2 rings (SSSR count). The summed E-state index contributed by atoms with van der Waals surface area (Å²) in [6.07, 6.45) is 0. The van der Waals surface area contributed by atoms with E-state index in [0.29, 0.717) is 5.69 Å². The summed E-state index contributed by atoms with van der Waals surface area (Å²) < 4.78 is 2.46. The van der Waals surface area contributed by atoms with Crippen molar-refractivity contribution in [1.29, 1.82) is 0 Å². The van der Waals surface area contributed by atoms with E-state index in [1.54, 1.807) is 4.68 Å². The molecular weight excluding hydrogens is 298 g/mol. The molecule has 1 N–H and O–H groups in total. The van der Waals surface area contributed by atoms with Gasteiger partial charge in [0, 0.05) is 33.2 Å². The Morgan fingerprint density at radius 2 is 1.89 bits per heavy atom. The highest BCUT2D eigenvalue weighted by Gasteiger charge is 2.21. The maximum Gasteiger partial charge on any atom is 0.287 e. The third-order valence-corrected chi connectivity index (χ3v) is 4.19. The van der Waals surface area contributed by atoms with E-state index < -0.39 is 0 Å². The first-order chi connectivity index (χ1) is 8.49. The number of hydrogen-bond donors (Lipinski definition) is 1. The van der Waals surface area contributed by atoms with Gasteiger partial charge in [-0.05, 0) is 29.9 Å². The fourth-order valence-electron chi connectivity index (χ4n) is 1.84. The van der Waals surface area contributed by atoms with Gasteiger partial charge in [-0.25, -0.2) is 5.01 Å². The summed E-state index contributed by atoms with van der Waals surface area (Å²) >= 11 is 3.41. The van der Waals surface area contributed by atoms with E-state index in [2.05, 4.69) is 38.4 Å². The van der Waals surface area contributed by atoms with Crippen LogP contribution in [0.1, 0.15) is 16.2 Å². The Bertz CT molecular complexity index is 451. The van der Waals surface area contributed by atoms with Crippen molar-refractivity contribution in [2.24, 2.45) is 7.05 Å². The van der Waals surface area contributed by atoms with E-state index in [4.69, 9.17) is 0 Å². The molecule has 1 aliphatic heterocycles. The number of aryl methyl sites for hydroxylation is 1. The third-order valence-electron chi connectivity index (χ3n) is 3.24. The minimum absolute atomic E-state index is 0.157. The summed E-state index contributed by atoms with van der Waals surface area (Å²) in [6, 6.07) is 0. The Morgan fingerprint density at radius 3 is 2.39 bits per heavy atom. The molecule has 0 radical (unpaired) electrons. The lowest BCUT2D eigenvalue weighted by Crippen LogP contribution is -2.52. The lowest BCUT2D eigenvalue weighted by molar-refractivity contribution is 0.0656. The number of amides is 1. The highest BCUT2D eigenvalue weighted by atomic mass is 79.9.